The zero-order chi connectivity index (χ0) is 26.0. The molecule has 2 aromatic rings. The molecule has 3 aliphatic carbocycles. The fourth-order valence-electron chi connectivity index (χ4n) is 6.85. The van der Waals surface area contributed by atoms with Crippen LogP contribution in [0, 0.1) is 17.7 Å². The van der Waals surface area contributed by atoms with Crippen molar-refractivity contribution in [2.24, 2.45) is 11.8 Å². The molecule has 1 aromatic heterocycles. The minimum atomic E-state index is -1.32. The lowest BCUT2D eigenvalue weighted by Crippen LogP contribution is -2.58. The van der Waals surface area contributed by atoms with Crippen LogP contribution < -0.4 is 20.4 Å². The number of aromatic nitrogens is 1. The Kier molecular flexibility index (Phi) is 6.05. The van der Waals surface area contributed by atoms with Gasteiger partial charge >= 0.3 is 5.97 Å². The highest BCUT2D eigenvalue weighted by Crippen LogP contribution is 2.45. The van der Waals surface area contributed by atoms with Gasteiger partial charge in [0.25, 0.3) is 0 Å². The van der Waals surface area contributed by atoms with Gasteiger partial charge in [-0.15, -0.1) is 0 Å². The lowest BCUT2D eigenvalue weighted by atomic mass is 9.95. The summed E-state index contributed by atoms with van der Waals surface area (Å²) in [6.07, 6.45) is 8.27. The van der Waals surface area contributed by atoms with Crippen LogP contribution in [0.25, 0.3) is 10.9 Å². The Bertz CT molecular complexity index is 1340. The molecule has 10 heteroatoms. The van der Waals surface area contributed by atoms with Crippen molar-refractivity contribution in [3.63, 3.8) is 0 Å². The summed E-state index contributed by atoms with van der Waals surface area (Å²) in [5.41, 5.74) is -0.281. The maximum absolute atomic E-state index is 15.7. The first kappa shape index (κ1) is 24.5. The van der Waals surface area contributed by atoms with E-state index in [9.17, 15) is 14.7 Å². The number of pyridine rings is 1. The van der Waals surface area contributed by atoms with Crippen LogP contribution in [0.1, 0.15) is 61.8 Å². The molecular weight excluding hydrogens is 495 g/mol. The Morgan fingerprint density at radius 3 is 2.59 bits per heavy atom. The van der Waals surface area contributed by atoms with Crippen LogP contribution in [0.15, 0.2) is 17.1 Å². The first-order chi connectivity index (χ1) is 17.8. The van der Waals surface area contributed by atoms with Gasteiger partial charge in [0.1, 0.15) is 11.3 Å². The third-order valence-electron chi connectivity index (χ3n) is 8.82. The average molecular weight is 529 g/mol. The van der Waals surface area contributed by atoms with Gasteiger partial charge in [-0.05, 0) is 69.1 Å². The van der Waals surface area contributed by atoms with Gasteiger partial charge in [0.15, 0.2) is 16.7 Å². The van der Waals surface area contributed by atoms with E-state index < -0.39 is 17.2 Å². The van der Waals surface area contributed by atoms with E-state index in [1.807, 2.05) is 4.90 Å². The lowest BCUT2D eigenvalue weighted by Gasteiger charge is -2.43. The van der Waals surface area contributed by atoms with Crippen molar-refractivity contribution in [2.75, 3.05) is 31.6 Å². The first-order valence-corrected chi connectivity index (χ1v) is 13.7. The summed E-state index contributed by atoms with van der Waals surface area (Å²) < 4.78 is 23.2. The van der Waals surface area contributed by atoms with Gasteiger partial charge in [-0.25, -0.2) is 9.18 Å². The Hall–Kier alpha value is -2.88. The fraction of sp³-hybridized carbons (Fsp3) is 0.593. The van der Waals surface area contributed by atoms with Gasteiger partial charge in [-0.2, -0.15) is 0 Å². The molecule has 0 spiro atoms. The maximum Gasteiger partial charge on any atom is 0.341 e. The Balaban J connectivity index is 1.30. The number of hydrogen-bond acceptors (Lipinski definition) is 5. The SMILES string of the molecule is COc1c(N2CCN(C(=S)N[C@@H]3C[C@H]4CC[C@H]3C4)[C@@H](C)C2)c(F)cc2c(=O)c(C(=O)O)cn(C3CC3)c12. The number of hydrogen-bond donors (Lipinski definition) is 2. The lowest BCUT2D eigenvalue weighted by molar-refractivity contribution is 0.0694. The monoisotopic (exact) mass is 528 g/mol. The standard InChI is InChI=1S/C27H33FN4O4S/c1-14-12-30(7-8-31(14)27(37)29-21-10-15-3-4-16(21)9-15)23-20(28)11-18-22(25(23)36-2)32(17-5-6-17)13-19(24(18)33)26(34)35/h11,13-17,21H,3-10,12H2,1-2H3,(H,29,37)(H,34,35)/t14-,15-,16-,21+/m0/s1. The fourth-order valence-corrected chi connectivity index (χ4v) is 7.27. The van der Waals surface area contributed by atoms with Crippen LogP contribution in [0.5, 0.6) is 5.75 Å². The Labute approximate surface area is 220 Å². The number of fused-ring (bicyclic) bond motifs is 3. The molecule has 2 heterocycles. The number of piperazine rings is 1. The highest BCUT2D eigenvalue weighted by atomic mass is 32.1. The van der Waals surface area contributed by atoms with E-state index >= 15 is 4.39 Å². The van der Waals surface area contributed by atoms with Gasteiger partial charge < -0.3 is 29.5 Å². The van der Waals surface area contributed by atoms with Crippen LogP contribution >= 0.6 is 12.2 Å². The first-order valence-electron chi connectivity index (χ1n) is 13.3. The van der Waals surface area contributed by atoms with E-state index in [-0.39, 0.29) is 28.8 Å². The zero-order valence-electron chi connectivity index (χ0n) is 21.2. The number of nitrogens with one attached hydrogen (secondary N) is 1. The van der Waals surface area contributed by atoms with Crippen molar-refractivity contribution in [3.8, 4) is 5.75 Å². The third kappa shape index (κ3) is 4.13. The molecule has 1 aromatic carbocycles. The maximum atomic E-state index is 15.7. The number of thiocarbonyl (C=S) groups is 1. The number of anilines is 1. The number of rotatable bonds is 5. The summed E-state index contributed by atoms with van der Waals surface area (Å²) >= 11 is 5.81. The molecule has 0 amide bonds. The molecule has 0 radical (unpaired) electrons. The summed E-state index contributed by atoms with van der Waals surface area (Å²) in [5, 5.41) is 14.0. The van der Waals surface area contributed by atoms with Crippen LogP contribution in [0.2, 0.25) is 0 Å². The molecular formula is C27H33FN4O4S. The highest BCUT2D eigenvalue weighted by molar-refractivity contribution is 7.80. The Morgan fingerprint density at radius 1 is 1.22 bits per heavy atom. The molecule has 0 unspecified atom stereocenters. The summed E-state index contributed by atoms with van der Waals surface area (Å²) in [7, 11) is 1.47. The molecule has 4 aliphatic rings. The van der Waals surface area contributed by atoms with E-state index in [4.69, 9.17) is 17.0 Å². The normalized spacial score (nSPS) is 27.1. The minimum Gasteiger partial charge on any atom is -0.492 e. The third-order valence-corrected chi connectivity index (χ3v) is 9.18. The van der Waals surface area contributed by atoms with Crippen molar-refractivity contribution in [3.05, 3.63) is 33.9 Å². The van der Waals surface area contributed by atoms with Crippen LogP contribution in [-0.2, 0) is 0 Å². The predicted octanol–water partition coefficient (Wildman–Crippen LogP) is 3.76. The largest absolute Gasteiger partial charge is 0.492 e. The van der Waals surface area contributed by atoms with E-state index in [2.05, 4.69) is 17.1 Å². The molecule has 6 rings (SSSR count). The number of halogens is 1. The molecule has 1 aliphatic heterocycles. The summed E-state index contributed by atoms with van der Waals surface area (Å²) in [5.74, 6) is -0.0672. The van der Waals surface area contributed by atoms with E-state index in [1.165, 1.54) is 45.1 Å². The molecule has 3 saturated carbocycles. The quantitative estimate of drug-likeness (QED) is 0.568. The van der Waals surface area contributed by atoms with Crippen molar-refractivity contribution in [2.45, 2.75) is 63.6 Å². The molecule has 37 heavy (non-hydrogen) atoms. The smallest absolute Gasteiger partial charge is 0.341 e. The molecule has 8 nitrogen and oxygen atoms in total. The molecule has 2 N–H and O–H groups in total. The number of methoxy groups -OCH3 is 1. The van der Waals surface area contributed by atoms with Crippen LogP contribution in [0.4, 0.5) is 10.1 Å². The molecule has 198 valence electrons. The topological polar surface area (TPSA) is 87.0 Å². The number of carboxylic acids is 1. The van der Waals surface area contributed by atoms with Crippen molar-refractivity contribution in [1.29, 1.82) is 0 Å². The number of nitrogens with zero attached hydrogens (tertiary/aromatic N) is 3. The van der Waals surface area contributed by atoms with E-state index in [0.29, 0.717) is 36.9 Å². The second-order valence-electron chi connectivity index (χ2n) is 11.2. The van der Waals surface area contributed by atoms with E-state index in [1.54, 1.807) is 4.57 Å². The van der Waals surface area contributed by atoms with Crippen LogP contribution in [0.3, 0.4) is 0 Å². The number of aromatic carboxylic acids is 1. The Morgan fingerprint density at radius 2 is 2.00 bits per heavy atom. The molecule has 1 saturated heterocycles. The number of carboxylic acid groups (broad SMARTS) is 1. The van der Waals surface area contributed by atoms with Gasteiger partial charge in [0.2, 0.25) is 5.43 Å². The second-order valence-corrected chi connectivity index (χ2v) is 11.6. The summed E-state index contributed by atoms with van der Waals surface area (Å²) in [6, 6.07) is 1.76. The van der Waals surface area contributed by atoms with Gasteiger partial charge in [0.05, 0.1) is 18.0 Å². The number of carbonyl (C=O) groups is 1. The van der Waals surface area contributed by atoms with Gasteiger partial charge in [-0.1, -0.05) is 6.42 Å². The predicted molar refractivity (Wildman–Crippen MR) is 143 cm³/mol. The van der Waals surface area contributed by atoms with Crippen molar-refractivity contribution >= 4 is 39.9 Å². The molecule has 4 atom stereocenters. The van der Waals surface area contributed by atoms with E-state index in [0.717, 1.165) is 29.8 Å². The summed E-state index contributed by atoms with van der Waals surface area (Å²) in [6.45, 7) is 3.81. The van der Waals surface area contributed by atoms with Gasteiger partial charge in [0, 0.05) is 44.0 Å². The van der Waals surface area contributed by atoms with Crippen molar-refractivity contribution in [1.82, 2.24) is 14.8 Å². The average Bonchev–Trinajstić information content (AvgIpc) is 3.50. The minimum absolute atomic E-state index is 0.0350. The highest BCUT2D eigenvalue weighted by Gasteiger charge is 2.41. The zero-order valence-corrected chi connectivity index (χ0v) is 22.0. The number of benzene rings is 1. The van der Waals surface area contributed by atoms with Crippen molar-refractivity contribution < 1.29 is 19.0 Å². The molecule has 4 fully saturated rings. The second kappa shape index (κ2) is 9.15. The van der Waals surface area contributed by atoms with Gasteiger partial charge in [-0.3, -0.25) is 4.79 Å². The van der Waals surface area contributed by atoms with Crippen LogP contribution in [-0.4, -0.2) is 64.5 Å². The summed E-state index contributed by atoms with van der Waals surface area (Å²) in [4.78, 5) is 28.8. The molecule has 2 bridgehead atoms. The number of ether oxygens (including phenoxy) is 1.